The molecular weight excluding hydrogens is 430 g/mol. The number of hydrogen-bond donors (Lipinski definition) is 3. The van der Waals surface area contributed by atoms with E-state index in [0.29, 0.717) is 36.9 Å². The van der Waals surface area contributed by atoms with Gasteiger partial charge in [-0.3, -0.25) is 15.0 Å². The molecule has 2 aromatic rings. The number of ether oxygens (including phenoxy) is 2. The molecule has 0 unspecified atom stereocenters. The van der Waals surface area contributed by atoms with Crippen LogP contribution in [-0.2, 0) is 14.3 Å². The van der Waals surface area contributed by atoms with Gasteiger partial charge in [-0.25, -0.2) is 0 Å². The molecule has 4 N–H and O–H groups in total. The van der Waals surface area contributed by atoms with Gasteiger partial charge in [0.25, 0.3) is 0 Å². The Labute approximate surface area is 200 Å². The molecule has 180 valence electrons. The Bertz CT molecular complexity index is 998. The molecule has 1 saturated heterocycles. The largest absolute Gasteiger partial charge is 0.491 e. The smallest absolute Gasteiger partial charge is 0.306 e. The molecule has 2 aliphatic rings. The third-order valence-corrected chi connectivity index (χ3v) is 6.74. The van der Waals surface area contributed by atoms with Crippen LogP contribution in [0.5, 0.6) is 5.75 Å². The van der Waals surface area contributed by atoms with Crippen LogP contribution in [0.1, 0.15) is 50.5 Å². The van der Waals surface area contributed by atoms with Crippen LogP contribution in [0.4, 0.5) is 0 Å². The number of amidine groups is 1. The lowest BCUT2D eigenvalue weighted by Gasteiger charge is -2.21. The maximum absolute atomic E-state index is 12.3. The summed E-state index contributed by atoms with van der Waals surface area (Å²) < 4.78 is 11.3. The molecule has 7 heteroatoms. The minimum atomic E-state index is -0.354. The lowest BCUT2D eigenvalue weighted by molar-refractivity contribution is -0.147. The van der Waals surface area contributed by atoms with E-state index in [2.05, 4.69) is 5.32 Å². The lowest BCUT2D eigenvalue weighted by Crippen LogP contribution is -2.31. The van der Waals surface area contributed by atoms with Crippen molar-refractivity contribution in [3.8, 4) is 16.9 Å². The van der Waals surface area contributed by atoms with E-state index in [1.54, 1.807) is 0 Å². The lowest BCUT2D eigenvalue weighted by atomic mass is 9.90. The van der Waals surface area contributed by atoms with Gasteiger partial charge in [-0.1, -0.05) is 55.7 Å². The van der Waals surface area contributed by atoms with Gasteiger partial charge < -0.3 is 20.5 Å². The minimum absolute atomic E-state index is 0.0490. The van der Waals surface area contributed by atoms with Gasteiger partial charge >= 0.3 is 5.97 Å². The number of benzene rings is 2. The quantitative estimate of drug-likeness (QED) is 0.295. The molecule has 34 heavy (non-hydrogen) atoms. The van der Waals surface area contributed by atoms with E-state index in [0.717, 1.165) is 24.0 Å². The molecule has 0 bridgehead atoms. The molecule has 0 spiro atoms. The molecule has 2 fully saturated rings. The van der Waals surface area contributed by atoms with Crippen molar-refractivity contribution in [3.63, 3.8) is 0 Å². The van der Waals surface area contributed by atoms with Gasteiger partial charge in [-0.15, -0.1) is 0 Å². The van der Waals surface area contributed by atoms with Crippen LogP contribution < -0.4 is 15.8 Å². The fraction of sp³-hybridized carbons (Fsp3) is 0.444. The van der Waals surface area contributed by atoms with E-state index < -0.39 is 0 Å². The van der Waals surface area contributed by atoms with Gasteiger partial charge in [0.05, 0.1) is 25.0 Å². The fourth-order valence-corrected chi connectivity index (χ4v) is 4.72. The number of hydrogen-bond acceptors (Lipinski definition) is 5. The molecule has 2 aromatic carbocycles. The summed E-state index contributed by atoms with van der Waals surface area (Å²) in [5.41, 5.74) is 8.26. The van der Waals surface area contributed by atoms with Crippen LogP contribution in [-0.4, -0.2) is 37.0 Å². The molecule has 1 aliphatic heterocycles. The first kappa shape index (κ1) is 23.8. The van der Waals surface area contributed by atoms with Gasteiger partial charge in [0.2, 0.25) is 5.91 Å². The molecule has 4 rings (SSSR count). The summed E-state index contributed by atoms with van der Waals surface area (Å²) in [7, 11) is 0. The highest BCUT2D eigenvalue weighted by molar-refractivity contribution is 5.95. The highest BCUT2D eigenvalue weighted by Crippen LogP contribution is 2.26. The van der Waals surface area contributed by atoms with Gasteiger partial charge in [-0.05, 0) is 48.4 Å². The van der Waals surface area contributed by atoms with Crippen molar-refractivity contribution in [2.75, 3.05) is 13.2 Å². The van der Waals surface area contributed by atoms with Crippen LogP contribution >= 0.6 is 0 Å². The van der Waals surface area contributed by atoms with E-state index in [-0.39, 0.29) is 36.1 Å². The standard InChI is InChI=1S/C27H33N3O4/c28-26(29)21-8-6-19(7-9-21)20-10-12-24(13-11-20)33-17-23-14-22(27(32)30-23)15-25(31)34-16-18-4-2-1-3-5-18/h6-13,18,22-23H,1-5,14-17H2,(H3,28,29)(H,30,32)/t22-,23-/m0/s1. The number of nitrogens with one attached hydrogen (secondary N) is 2. The average molecular weight is 464 g/mol. The van der Waals surface area contributed by atoms with Crippen LogP contribution in [0.15, 0.2) is 48.5 Å². The van der Waals surface area contributed by atoms with Crippen molar-refractivity contribution in [1.29, 1.82) is 5.41 Å². The molecule has 0 aromatic heterocycles. The van der Waals surface area contributed by atoms with Crippen molar-refractivity contribution in [2.45, 2.75) is 51.0 Å². The van der Waals surface area contributed by atoms with Crippen LogP contribution in [0.3, 0.4) is 0 Å². The topological polar surface area (TPSA) is 115 Å². The summed E-state index contributed by atoms with van der Waals surface area (Å²) in [5, 5.41) is 10.4. The maximum Gasteiger partial charge on any atom is 0.306 e. The van der Waals surface area contributed by atoms with Crippen LogP contribution in [0.2, 0.25) is 0 Å². The zero-order valence-electron chi connectivity index (χ0n) is 19.4. The Morgan fingerprint density at radius 1 is 0.971 bits per heavy atom. The summed E-state index contributed by atoms with van der Waals surface area (Å²) in [6.45, 7) is 0.836. The second-order valence-electron chi connectivity index (χ2n) is 9.36. The van der Waals surface area contributed by atoms with Crippen molar-refractivity contribution < 1.29 is 19.1 Å². The predicted molar refractivity (Wildman–Crippen MR) is 131 cm³/mol. The molecule has 2 atom stereocenters. The molecular formula is C27H33N3O4. The van der Waals surface area contributed by atoms with E-state index in [9.17, 15) is 9.59 Å². The first-order chi connectivity index (χ1) is 16.5. The number of nitrogens with two attached hydrogens (primary N) is 1. The Morgan fingerprint density at radius 3 is 2.26 bits per heavy atom. The number of carbonyl (C=O) groups is 2. The normalized spacial score (nSPS) is 20.5. The second kappa shape index (κ2) is 11.2. The Balaban J connectivity index is 1.21. The SMILES string of the molecule is N=C(N)c1ccc(-c2ccc(OC[C@@H]3C[C@@H](CC(=O)OCC4CCCCC4)C(=O)N3)cc2)cc1. The maximum atomic E-state index is 12.3. The van der Waals surface area contributed by atoms with Crippen LogP contribution in [0, 0.1) is 17.2 Å². The summed E-state index contributed by atoms with van der Waals surface area (Å²) in [6, 6.07) is 15.1. The number of carbonyl (C=O) groups excluding carboxylic acids is 2. The number of rotatable bonds is 9. The Hall–Kier alpha value is -3.35. The Morgan fingerprint density at radius 2 is 1.62 bits per heavy atom. The first-order valence-corrected chi connectivity index (χ1v) is 12.1. The highest BCUT2D eigenvalue weighted by Gasteiger charge is 2.34. The zero-order chi connectivity index (χ0) is 23.9. The van der Waals surface area contributed by atoms with Crippen molar-refractivity contribution >= 4 is 17.7 Å². The molecule has 1 amide bonds. The van der Waals surface area contributed by atoms with Gasteiger partial charge in [-0.2, -0.15) is 0 Å². The summed E-state index contributed by atoms with van der Waals surface area (Å²) in [4.78, 5) is 24.5. The zero-order valence-corrected chi connectivity index (χ0v) is 19.4. The van der Waals surface area contributed by atoms with Crippen molar-refractivity contribution in [1.82, 2.24) is 5.32 Å². The number of nitrogen functional groups attached to an aromatic ring is 1. The van der Waals surface area contributed by atoms with Gasteiger partial charge in [0.15, 0.2) is 0 Å². The van der Waals surface area contributed by atoms with E-state index in [4.69, 9.17) is 20.6 Å². The molecule has 1 heterocycles. The molecule has 1 aliphatic carbocycles. The van der Waals surface area contributed by atoms with Gasteiger partial charge in [0.1, 0.15) is 18.2 Å². The minimum Gasteiger partial charge on any atom is -0.491 e. The van der Waals surface area contributed by atoms with Gasteiger partial charge in [0, 0.05) is 5.56 Å². The predicted octanol–water partition coefficient (Wildman–Crippen LogP) is 4.03. The third-order valence-electron chi connectivity index (χ3n) is 6.74. The average Bonchev–Trinajstić information content (AvgIpc) is 3.21. The molecule has 0 radical (unpaired) electrons. The number of esters is 1. The first-order valence-electron chi connectivity index (χ1n) is 12.1. The van der Waals surface area contributed by atoms with Crippen molar-refractivity contribution in [3.05, 3.63) is 54.1 Å². The van der Waals surface area contributed by atoms with Crippen molar-refractivity contribution in [2.24, 2.45) is 17.6 Å². The van der Waals surface area contributed by atoms with E-state index in [1.165, 1.54) is 19.3 Å². The molecule has 7 nitrogen and oxygen atoms in total. The Kier molecular flexibility index (Phi) is 7.83. The summed E-state index contributed by atoms with van der Waals surface area (Å²) in [5.74, 6) is 0.503. The molecule has 1 saturated carbocycles. The third kappa shape index (κ3) is 6.37. The highest BCUT2D eigenvalue weighted by atomic mass is 16.5. The van der Waals surface area contributed by atoms with E-state index in [1.807, 2.05) is 48.5 Å². The second-order valence-corrected chi connectivity index (χ2v) is 9.36. The van der Waals surface area contributed by atoms with E-state index >= 15 is 0 Å². The summed E-state index contributed by atoms with van der Waals surface area (Å²) in [6.07, 6.45) is 6.66. The number of amides is 1. The van der Waals surface area contributed by atoms with Crippen LogP contribution in [0.25, 0.3) is 11.1 Å². The summed E-state index contributed by atoms with van der Waals surface area (Å²) >= 11 is 0. The monoisotopic (exact) mass is 463 g/mol. The fourth-order valence-electron chi connectivity index (χ4n) is 4.72.